The summed E-state index contributed by atoms with van der Waals surface area (Å²) in [7, 11) is -3.68. The van der Waals surface area contributed by atoms with Crippen molar-refractivity contribution >= 4 is 27.6 Å². The normalized spacial score (nSPS) is 11.8. The third-order valence-corrected chi connectivity index (χ3v) is 4.62. The van der Waals surface area contributed by atoms with Crippen molar-refractivity contribution < 1.29 is 18.3 Å². The van der Waals surface area contributed by atoms with Crippen LogP contribution >= 0.6 is 11.6 Å². The van der Waals surface area contributed by atoms with Crippen molar-refractivity contribution in [2.45, 2.75) is 37.6 Å². The SMILES string of the molecule is CCC(CC)NS(=O)(=O)c1ccc(C(=O)O)c(Cl)c1. The van der Waals surface area contributed by atoms with Crippen LogP contribution in [0.4, 0.5) is 0 Å². The van der Waals surface area contributed by atoms with E-state index < -0.39 is 16.0 Å². The second-order valence-electron chi connectivity index (χ2n) is 4.08. The second kappa shape index (κ2) is 6.36. The molecule has 1 rings (SSSR count). The van der Waals surface area contributed by atoms with Gasteiger partial charge >= 0.3 is 5.97 Å². The first-order chi connectivity index (χ1) is 8.81. The maximum Gasteiger partial charge on any atom is 0.337 e. The number of rotatable bonds is 6. The molecule has 1 aromatic carbocycles. The Morgan fingerprint density at radius 2 is 1.95 bits per heavy atom. The summed E-state index contributed by atoms with van der Waals surface area (Å²) in [5.41, 5.74) is -0.122. The molecule has 0 saturated carbocycles. The Bertz CT molecular complexity index is 567. The van der Waals surface area contributed by atoms with E-state index in [4.69, 9.17) is 16.7 Å². The lowest BCUT2D eigenvalue weighted by Gasteiger charge is -2.15. The Hall–Kier alpha value is -1.11. The lowest BCUT2D eigenvalue weighted by molar-refractivity contribution is 0.0697. The molecule has 0 spiro atoms. The lowest BCUT2D eigenvalue weighted by atomic mass is 10.2. The maximum atomic E-state index is 12.1. The third-order valence-electron chi connectivity index (χ3n) is 2.79. The molecule has 19 heavy (non-hydrogen) atoms. The van der Waals surface area contributed by atoms with Crippen molar-refractivity contribution in [2.24, 2.45) is 0 Å². The molecule has 0 aromatic heterocycles. The minimum absolute atomic E-state index is 0.0330. The van der Waals surface area contributed by atoms with Crippen molar-refractivity contribution in [3.63, 3.8) is 0 Å². The van der Waals surface area contributed by atoms with Gasteiger partial charge in [0.05, 0.1) is 15.5 Å². The van der Waals surface area contributed by atoms with E-state index in [2.05, 4.69) is 4.72 Å². The van der Waals surface area contributed by atoms with Gasteiger partial charge in [0.2, 0.25) is 10.0 Å². The van der Waals surface area contributed by atoms with E-state index in [1.54, 1.807) is 0 Å². The summed E-state index contributed by atoms with van der Waals surface area (Å²) >= 11 is 5.76. The first kappa shape index (κ1) is 15.9. The molecule has 106 valence electrons. The molecule has 5 nitrogen and oxygen atoms in total. The standard InChI is InChI=1S/C12H16ClNO4S/c1-3-8(4-2)14-19(17,18)9-5-6-10(12(15)16)11(13)7-9/h5-8,14H,3-4H2,1-2H3,(H,15,16). The predicted molar refractivity (Wildman–Crippen MR) is 73.1 cm³/mol. The van der Waals surface area contributed by atoms with Gasteiger partial charge in [-0.15, -0.1) is 0 Å². The molecule has 0 atom stereocenters. The van der Waals surface area contributed by atoms with Gasteiger partial charge in [-0.2, -0.15) is 0 Å². The van der Waals surface area contributed by atoms with Crippen LogP contribution in [0.1, 0.15) is 37.0 Å². The Balaban J connectivity index is 3.09. The van der Waals surface area contributed by atoms with Gasteiger partial charge in [-0.1, -0.05) is 25.4 Å². The molecule has 0 aliphatic carbocycles. The summed E-state index contributed by atoms with van der Waals surface area (Å²) in [6.07, 6.45) is 1.35. The molecule has 0 heterocycles. The molecule has 0 aliphatic heterocycles. The fraction of sp³-hybridized carbons (Fsp3) is 0.417. The number of aromatic carboxylic acids is 1. The van der Waals surface area contributed by atoms with Crippen LogP contribution in [-0.4, -0.2) is 25.5 Å². The van der Waals surface area contributed by atoms with Gasteiger partial charge in [0, 0.05) is 6.04 Å². The molecule has 0 unspecified atom stereocenters. The number of carboxylic acid groups (broad SMARTS) is 1. The molecule has 1 aromatic rings. The van der Waals surface area contributed by atoms with Crippen LogP contribution in [0.15, 0.2) is 23.1 Å². The lowest BCUT2D eigenvalue weighted by Crippen LogP contribution is -2.33. The minimum atomic E-state index is -3.68. The molecule has 0 amide bonds. The van der Waals surface area contributed by atoms with Gasteiger partial charge in [-0.3, -0.25) is 0 Å². The van der Waals surface area contributed by atoms with E-state index in [-0.39, 0.29) is 21.5 Å². The zero-order chi connectivity index (χ0) is 14.6. The number of benzene rings is 1. The summed E-state index contributed by atoms with van der Waals surface area (Å²) in [6, 6.07) is 3.42. The highest BCUT2D eigenvalue weighted by molar-refractivity contribution is 7.89. The van der Waals surface area contributed by atoms with Gasteiger partial charge in [0.1, 0.15) is 0 Å². The number of carboxylic acids is 1. The van der Waals surface area contributed by atoms with Crippen molar-refractivity contribution in [2.75, 3.05) is 0 Å². The molecular weight excluding hydrogens is 290 g/mol. The van der Waals surface area contributed by atoms with Gasteiger partial charge < -0.3 is 5.11 Å². The zero-order valence-electron chi connectivity index (χ0n) is 10.7. The molecule has 0 bridgehead atoms. The Labute approximate surface area is 117 Å². The Morgan fingerprint density at radius 3 is 2.37 bits per heavy atom. The van der Waals surface area contributed by atoms with Crippen molar-refractivity contribution in [3.8, 4) is 0 Å². The Kier molecular flexibility index (Phi) is 5.34. The Morgan fingerprint density at radius 1 is 1.37 bits per heavy atom. The van der Waals surface area contributed by atoms with Crippen molar-refractivity contribution in [3.05, 3.63) is 28.8 Å². The van der Waals surface area contributed by atoms with Crippen molar-refractivity contribution in [1.82, 2.24) is 4.72 Å². The maximum absolute atomic E-state index is 12.1. The first-order valence-electron chi connectivity index (χ1n) is 5.87. The quantitative estimate of drug-likeness (QED) is 0.846. The van der Waals surface area contributed by atoms with E-state index in [9.17, 15) is 13.2 Å². The predicted octanol–water partition coefficient (Wildman–Crippen LogP) is 2.51. The van der Waals surface area contributed by atoms with Gasteiger partial charge in [-0.05, 0) is 31.0 Å². The van der Waals surface area contributed by atoms with Crippen LogP contribution in [-0.2, 0) is 10.0 Å². The van der Waals surface area contributed by atoms with Crippen LogP contribution < -0.4 is 4.72 Å². The smallest absolute Gasteiger partial charge is 0.337 e. The van der Waals surface area contributed by atoms with E-state index in [0.717, 1.165) is 6.07 Å². The minimum Gasteiger partial charge on any atom is -0.478 e. The largest absolute Gasteiger partial charge is 0.478 e. The fourth-order valence-electron chi connectivity index (χ4n) is 1.58. The summed E-state index contributed by atoms with van der Waals surface area (Å²) < 4.78 is 26.7. The molecule has 0 fully saturated rings. The summed E-state index contributed by atoms with van der Waals surface area (Å²) in [5.74, 6) is -1.19. The second-order valence-corrected chi connectivity index (χ2v) is 6.20. The van der Waals surface area contributed by atoms with Crippen LogP contribution in [0.3, 0.4) is 0 Å². The topological polar surface area (TPSA) is 83.5 Å². The molecular formula is C12H16ClNO4S. The summed E-state index contributed by atoms with van der Waals surface area (Å²) in [4.78, 5) is 10.8. The number of hydrogen-bond acceptors (Lipinski definition) is 3. The number of hydrogen-bond donors (Lipinski definition) is 2. The van der Waals surface area contributed by atoms with Crippen LogP contribution in [0, 0.1) is 0 Å². The first-order valence-corrected chi connectivity index (χ1v) is 7.73. The van der Waals surface area contributed by atoms with Crippen molar-refractivity contribution in [1.29, 1.82) is 0 Å². The van der Waals surface area contributed by atoms with E-state index in [1.807, 2.05) is 13.8 Å². The van der Waals surface area contributed by atoms with Gasteiger partial charge in [0.25, 0.3) is 0 Å². The average molecular weight is 306 g/mol. The number of sulfonamides is 1. The van der Waals surface area contributed by atoms with Gasteiger partial charge in [-0.25, -0.2) is 17.9 Å². The van der Waals surface area contributed by atoms with Gasteiger partial charge in [0.15, 0.2) is 0 Å². The molecule has 0 saturated heterocycles. The van der Waals surface area contributed by atoms with Crippen LogP contribution in [0.2, 0.25) is 5.02 Å². The summed E-state index contributed by atoms with van der Waals surface area (Å²) in [5, 5.41) is 8.73. The van der Waals surface area contributed by atoms with E-state index >= 15 is 0 Å². The molecule has 7 heteroatoms. The highest BCUT2D eigenvalue weighted by atomic mass is 35.5. The average Bonchev–Trinajstić information content (AvgIpc) is 2.35. The third kappa shape index (κ3) is 3.92. The highest BCUT2D eigenvalue weighted by Crippen LogP contribution is 2.21. The molecule has 0 aliphatic rings. The van der Waals surface area contributed by atoms with E-state index in [1.165, 1.54) is 12.1 Å². The fourth-order valence-corrected chi connectivity index (χ4v) is 3.33. The molecule has 2 N–H and O–H groups in total. The zero-order valence-corrected chi connectivity index (χ0v) is 12.3. The number of halogens is 1. The van der Waals surface area contributed by atoms with Crippen LogP contribution in [0.5, 0.6) is 0 Å². The monoisotopic (exact) mass is 305 g/mol. The molecule has 0 radical (unpaired) electrons. The highest BCUT2D eigenvalue weighted by Gasteiger charge is 2.20. The number of nitrogens with one attached hydrogen (secondary N) is 1. The van der Waals surface area contributed by atoms with Crippen LogP contribution in [0.25, 0.3) is 0 Å². The summed E-state index contributed by atoms with van der Waals surface area (Å²) in [6.45, 7) is 3.77. The van der Waals surface area contributed by atoms with E-state index in [0.29, 0.717) is 12.8 Å². The number of carbonyl (C=O) groups is 1.